The van der Waals surface area contributed by atoms with Crippen molar-refractivity contribution in [3.63, 3.8) is 0 Å². The van der Waals surface area contributed by atoms with Crippen LogP contribution in [0.25, 0.3) is 22.3 Å². The molecule has 1 unspecified atom stereocenters. The number of ether oxygens (including phenoxy) is 1. The van der Waals surface area contributed by atoms with E-state index in [1.54, 1.807) is 13.2 Å². The third-order valence-electron chi connectivity index (χ3n) is 4.27. The molecule has 2 aromatic heterocycles. The fourth-order valence-electron chi connectivity index (χ4n) is 3.08. The Morgan fingerprint density at radius 2 is 2.33 bits per heavy atom. The van der Waals surface area contributed by atoms with E-state index in [4.69, 9.17) is 10.5 Å². The van der Waals surface area contributed by atoms with Gasteiger partial charge in [0.15, 0.2) is 17.4 Å². The number of nitrogens with zero attached hydrogens (tertiary/aromatic N) is 3. The molecule has 3 aromatic rings. The highest BCUT2D eigenvalue weighted by molar-refractivity contribution is 6.01. The molecular formula is C15H15FN6O2. The topological polar surface area (TPSA) is 111 Å². The predicted octanol–water partition coefficient (Wildman–Crippen LogP) is 1.50. The first kappa shape index (κ1) is 14.5. The molecule has 8 nitrogen and oxygen atoms in total. The molecule has 0 fully saturated rings. The molecule has 3 heterocycles. The maximum Gasteiger partial charge on any atom is 0.202 e. The number of pyridine rings is 1. The highest BCUT2D eigenvalue weighted by atomic mass is 19.1. The average Bonchev–Trinajstić information content (AvgIpc) is 3.10. The van der Waals surface area contributed by atoms with Crippen LogP contribution in [0.4, 0.5) is 15.8 Å². The minimum absolute atomic E-state index is 0.0585. The molecule has 0 saturated carbocycles. The number of aromatic nitrogens is 4. The molecule has 1 aliphatic heterocycles. The molecule has 0 aliphatic carbocycles. The van der Waals surface area contributed by atoms with E-state index in [2.05, 4.69) is 20.5 Å². The van der Waals surface area contributed by atoms with Crippen LogP contribution in [0.3, 0.4) is 0 Å². The van der Waals surface area contributed by atoms with Gasteiger partial charge in [0.1, 0.15) is 18.6 Å². The molecule has 1 aromatic carbocycles. The van der Waals surface area contributed by atoms with Gasteiger partial charge in [0.2, 0.25) is 5.43 Å². The number of halogens is 1. The molecule has 24 heavy (non-hydrogen) atoms. The zero-order valence-corrected chi connectivity index (χ0v) is 13.1. The monoisotopic (exact) mass is 330 g/mol. The van der Waals surface area contributed by atoms with Crippen LogP contribution in [0, 0.1) is 5.82 Å². The molecule has 4 N–H and O–H groups in total. The third-order valence-corrected chi connectivity index (χ3v) is 4.27. The standard InChI is InChI=1S/C15H15FN6O2/c1-6-4-24-14-11(18-2)9(16)10(17)8-12(14)22(6)3-7(13(8)23)15-19-5-20-21-15/h3,5-6,18H,4,17H2,1-2H3,(H,19,20,21). The molecule has 0 radical (unpaired) electrons. The van der Waals surface area contributed by atoms with Crippen molar-refractivity contribution in [3.05, 3.63) is 28.6 Å². The number of benzene rings is 1. The van der Waals surface area contributed by atoms with Crippen LogP contribution in [0.5, 0.6) is 5.75 Å². The van der Waals surface area contributed by atoms with Gasteiger partial charge in [-0.3, -0.25) is 4.79 Å². The lowest BCUT2D eigenvalue weighted by Crippen LogP contribution is -2.26. The van der Waals surface area contributed by atoms with Crippen molar-refractivity contribution in [2.75, 3.05) is 24.7 Å². The number of anilines is 2. The lowest BCUT2D eigenvalue weighted by atomic mass is 10.0. The minimum Gasteiger partial charge on any atom is -0.487 e. The number of nitrogen functional groups attached to an aromatic ring is 1. The maximum absolute atomic E-state index is 14.6. The first-order chi connectivity index (χ1) is 11.5. The van der Waals surface area contributed by atoms with Crippen molar-refractivity contribution in [1.82, 2.24) is 19.7 Å². The molecule has 0 saturated heterocycles. The van der Waals surface area contributed by atoms with Gasteiger partial charge in [0.25, 0.3) is 0 Å². The fraction of sp³-hybridized carbons (Fsp3) is 0.267. The first-order valence-corrected chi connectivity index (χ1v) is 7.41. The second-order valence-corrected chi connectivity index (χ2v) is 5.68. The predicted molar refractivity (Wildman–Crippen MR) is 87.7 cm³/mol. The molecule has 124 valence electrons. The van der Waals surface area contributed by atoms with Gasteiger partial charge in [-0.1, -0.05) is 0 Å². The number of aromatic amines is 1. The van der Waals surface area contributed by atoms with Crippen molar-refractivity contribution in [3.8, 4) is 17.1 Å². The number of hydrogen-bond donors (Lipinski definition) is 3. The van der Waals surface area contributed by atoms with E-state index >= 15 is 0 Å². The van der Waals surface area contributed by atoms with Gasteiger partial charge >= 0.3 is 0 Å². The van der Waals surface area contributed by atoms with Crippen molar-refractivity contribution in [2.24, 2.45) is 0 Å². The molecule has 1 aliphatic rings. The largest absolute Gasteiger partial charge is 0.487 e. The highest BCUT2D eigenvalue weighted by Crippen LogP contribution is 2.43. The Kier molecular flexibility index (Phi) is 2.99. The van der Waals surface area contributed by atoms with Gasteiger partial charge in [-0.15, -0.1) is 10.2 Å². The normalized spacial score (nSPS) is 16.2. The van der Waals surface area contributed by atoms with Crippen LogP contribution in [-0.2, 0) is 0 Å². The van der Waals surface area contributed by atoms with Crippen molar-refractivity contribution < 1.29 is 9.13 Å². The first-order valence-electron chi connectivity index (χ1n) is 7.41. The molecule has 1 atom stereocenters. The lowest BCUT2D eigenvalue weighted by Gasteiger charge is -2.29. The highest BCUT2D eigenvalue weighted by Gasteiger charge is 2.29. The summed E-state index contributed by atoms with van der Waals surface area (Å²) in [5.41, 5.74) is 6.22. The van der Waals surface area contributed by atoms with Crippen LogP contribution < -0.4 is 21.2 Å². The summed E-state index contributed by atoms with van der Waals surface area (Å²) in [4.78, 5) is 15.7. The van der Waals surface area contributed by atoms with Crippen molar-refractivity contribution >= 4 is 22.3 Å². The smallest absolute Gasteiger partial charge is 0.202 e. The SMILES string of the molecule is CNc1c(F)c(N)c2c(=O)c(-c3nnc[nH]3)cn3c2c1OCC3C. The summed E-state index contributed by atoms with van der Waals surface area (Å²) in [7, 11) is 1.58. The average molecular weight is 330 g/mol. The van der Waals surface area contributed by atoms with Crippen LogP contribution in [0.2, 0.25) is 0 Å². The van der Waals surface area contributed by atoms with E-state index < -0.39 is 11.2 Å². The van der Waals surface area contributed by atoms with Gasteiger partial charge in [0.05, 0.1) is 28.2 Å². The molecule has 0 spiro atoms. The number of hydrogen-bond acceptors (Lipinski definition) is 6. The Balaban J connectivity index is 2.23. The number of nitrogens with two attached hydrogens (primary N) is 1. The summed E-state index contributed by atoms with van der Waals surface area (Å²) in [6.07, 6.45) is 3.06. The molecular weight excluding hydrogens is 315 g/mol. The lowest BCUT2D eigenvalue weighted by molar-refractivity contribution is 0.248. The van der Waals surface area contributed by atoms with Crippen LogP contribution in [-0.4, -0.2) is 33.4 Å². The molecule has 9 heteroatoms. The Morgan fingerprint density at radius 3 is 3.00 bits per heavy atom. The Hall–Kier alpha value is -3.10. The quantitative estimate of drug-likeness (QED) is 0.614. The summed E-state index contributed by atoms with van der Waals surface area (Å²) < 4.78 is 22.2. The zero-order valence-electron chi connectivity index (χ0n) is 13.1. The van der Waals surface area contributed by atoms with Crippen LogP contribution in [0.1, 0.15) is 13.0 Å². The fourth-order valence-corrected chi connectivity index (χ4v) is 3.08. The van der Waals surface area contributed by atoms with E-state index in [-0.39, 0.29) is 28.4 Å². The van der Waals surface area contributed by atoms with Crippen molar-refractivity contribution in [1.29, 1.82) is 0 Å². The van der Waals surface area contributed by atoms with E-state index in [1.807, 2.05) is 11.5 Å². The van der Waals surface area contributed by atoms with Gasteiger partial charge in [-0.25, -0.2) is 4.39 Å². The number of H-pyrrole nitrogens is 1. The number of rotatable bonds is 2. The van der Waals surface area contributed by atoms with Crippen LogP contribution >= 0.6 is 0 Å². The second-order valence-electron chi connectivity index (χ2n) is 5.68. The third kappa shape index (κ3) is 1.75. The second kappa shape index (κ2) is 4.95. The van der Waals surface area contributed by atoms with Crippen molar-refractivity contribution in [2.45, 2.75) is 13.0 Å². The summed E-state index contributed by atoms with van der Waals surface area (Å²) >= 11 is 0. The van der Waals surface area contributed by atoms with Gasteiger partial charge in [0, 0.05) is 13.2 Å². The van der Waals surface area contributed by atoms with Gasteiger partial charge in [-0.05, 0) is 6.92 Å². The Labute approximate surface area is 135 Å². The molecule has 0 bridgehead atoms. The van der Waals surface area contributed by atoms with Gasteiger partial charge < -0.3 is 25.3 Å². The summed E-state index contributed by atoms with van der Waals surface area (Å²) in [6.45, 7) is 2.29. The van der Waals surface area contributed by atoms with E-state index in [9.17, 15) is 9.18 Å². The summed E-state index contributed by atoms with van der Waals surface area (Å²) in [5, 5.41) is 10.4. The maximum atomic E-state index is 14.6. The number of nitrogens with one attached hydrogen (secondary N) is 2. The van der Waals surface area contributed by atoms with E-state index in [1.165, 1.54) is 6.33 Å². The Bertz CT molecular complexity index is 1010. The summed E-state index contributed by atoms with van der Waals surface area (Å²) in [5.74, 6) is -0.102. The molecule has 4 rings (SSSR count). The van der Waals surface area contributed by atoms with Crippen LogP contribution in [0.15, 0.2) is 17.3 Å². The van der Waals surface area contributed by atoms with E-state index in [0.29, 0.717) is 23.7 Å². The summed E-state index contributed by atoms with van der Waals surface area (Å²) in [6, 6.07) is -0.0585. The Morgan fingerprint density at radius 1 is 1.54 bits per heavy atom. The zero-order chi connectivity index (χ0) is 17.0. The molecule has 0 amide bonds. The van der Waals surface area contributed by atoms with E-state index in [0.717, 1.165) is 0 Å². The minimum atomic E-state index is -0.701. The van der Waals surface area contributed by atoms with Gasteiger partial charge in [-0.2, -0.15) is 0 Å².